The van der Waals surface area contributed by atoms with Gasteiger partial charge in [-0.25, -0.2) is 19.3 Å². The fourth-order valence-corrected chi connectivity index (χ4v) is 4.53. The summed E-state index contributed by atoms with van der Waals surface area (Å²) >= 11 is 1.33. The van der Waals surface area contributed by atoms with Crippen LogP contribution in [-0.2, 0) is 5.75 Å². The maximum absolute atomic E-state index is 13.4. The number of hydrogen-bond acceptors (Lipinski definition) is 7. The summed E-state index contributed by atoms with van der Waals surface area (Å²) in [5, 5.41) is 11.4. The first-order chi connectivity index (χ1) is 15.5. The molecule has 0 aliphatic carbocycles. The number of aryl methyl sites for hydroxylation is 1. The zero-order valence-electron chi connectivity index (χ0n) is 17.0. The largest absolute Gasteiger partial charge is 0.508 e. The van der Waals surface area contributed by atoms with Crippen molar-refractivity contribution < 1.29 is 9.52 Å². The van der Waals surface area contributed by atoms with Gasteiger partial charge in [-0.1, -0.05) is 23.9 Å². The van der Waals surface area contributed by atoms with Crippen molar-refractivity contribution in [3.05, 3.63) is 98.8 Å². The van der Waals surface area contributed by atoms with Gasteiger partial charge in [-0.05, 0) is 54.4 Å². The van der Waals surface area contributed by atoms with Crippen LogP contribution in [0.15, 0.2) is 86.0 Å². The summed E-state index contributed by atoms with van der Waals surface area (Å²) in [4.78, 5) is 34.5. The molecule has 0 bridgehead atoms. The molecule has 0 aliphatic rings. The lowest BCUT2D eigenvalue weighted by Gasteiger charge is -2.13. The fourth-order valence-electron chi connectivity index (χ4n) is 3.53. The second-order valence-corrected chi connectivity index (χ2v) is 8.25. The summed E-state index contributed by atoms with van der Waals surface area (Å²) in [7, 11) is 0. The summed E-state index contributed by atoms with van der Waals surface area (Å²) in [6.45, 7) is 1.93. The molecule has 8 heteroatoms. The SMILES string of the molecule is Cc1ccnc(-n2c(SCc3cc(=O)oc4cc(O)ccc34)nc3ccccc3c2=O)c1. The molecule has 0 saturated carbocycles. The van der Waals surface area contributed by atoms with E-state index in [1.807, 2.05) is 25.1 Å². The molecule has 0 spiro atoms. The molecule has 0 amide bonds. The van der Waals surface area contributed by atoms with E-state index in [0.717, 1.165) is 5.56 Å². The second kappa shape index (κ2) is 7.97. The number of phenolic OH excluding ortho intramolecular Hbond substituents is 1. The van der Waals surface area contributed by atoms with Gasteiger partial charge in [0.2, 0.25) is 0 Å². The van der Waals surface area contributed by atoms with E-state index in [9.17, 15) is 14.7 Å². The summed E-state index contributed by atoms with van der Waals surface area (Å²) in [5.74, 6) is 0.864. The van der Waals surface area contributed by atoms with Gasteiger partial charge in [-0.3, -0.25) is 4.79 Å². The Morgan fingerprint density at radius 1 is 1.03 bits per heavy atom. The van der Waals surface area contributed by atoms with Gasteiger partial charge < -0.3 is 9.52 Å². The van der Waals surface area contributed by atoms with E-state index in [1.54, 1.807) is 30.5 Å². The van der Waals surface area contributed by atoms with Crippen molar-refractivity contribution in [1.29, 1.82) is 0 Å². The molecule has 3 aromatic heterocycles. The molecule has 2 aromatic carbocycles. The lowest BCUT2D eigenvalue weighted by Crippen LogP contribution is -2.22. The van der Waals surface area contributed by atoms with E-state index in [2.05, 4.69) is 4.98 Å². The number of phenols is 1. The van der Waals surface area contributed by atoms with E-state index < -0.39 is 5.63 Å². The van der Waals surface area contributed by atoms with E-state index in [-0.39, 0.29) is 11.3 Å². The third kappa shape index (κ3) is 3.65. The van der Waals surface area contributed by atoms with Crippen molar-refractivity contribution in [2.75, 3.05) is 0 Å². The molecule has 7 nitrogen and oxygen atoms in total. The first kappa shape index (κ1) is 20.0. The van der Waals surface area contributed by atoms with Crippen LogP contribution in [0.5, 0.6) is 5.75 Å². The number of fused-ring (bicyclic) bond motifs is 2. The Morgan fingerprint density at radius 2 is 1.88 bits per heavy atom. The molecule has 5 aromatic rings. The third-order valence-electron chi connectivity index (χ3n) is 5.05. The number of aromatic hydroxyl groups is 1. The molecule has 158 valence electrons. The Morgan fingerprint density at radius 3 is 2.72 bits per heavy atom. The third-order valence-corrected chi connectivity index (χ3v) is 6.03. The summed E-state index contributed by atoms with van der Waals surface area (Å²) < 4.78 is 6.71. The molecule has 3 heterocycles. The van der Waals surface area contributed by atoms with Gasteiger partial charge in [0, 0.05) is 29.5 Å². The first-order valence-electron chi connectivity index (χ1n) is 9.83. The topological polar surface area (TPSA) is 98.2 Å². The fraction of sp³-hybridized carbons (Fsp3) is 0.0833. The number of aromatic nitrogens is 3. The van der Waals surface area contributed by atoms with Crippen LogP contribution in [0.25, 0.3) is 27.7 Å². The Balaban J connectivity index is 1.65. The molecule has 5 rings (SSSR count). The summed E-state index contributed by atoms with van der Waals surface area (Å²) in [5.41, 5.74) is 1.86. The molecule has 0 radical (unpaired) electrons. The van der Waals surface area contributed by atoms with Gasteiger partial charge in [0.1, 0.15) is 17.2 Å². The number of nitrogens with zero attached hydrogens (tertiary/aromatic N) is 3. The van der Waals surface area contributed by atoms with Crippen molar-refractivity contribution in [1.82, 2.24) is 14.5 Å². The average molecular weight is 443 g/mol. The monoisotopic (exact) mass is 443 g/mol. The van der Waals surface area contributed by atoms with Gasteiger partial charge in [0.15, 0.2) is 5.16 Å². The van der Waals surface area contributed by atoms with Crippen molar-refractivity contribution in [2.24, 2.45) is 0 Å². The lowest BCUT2D eigenvalue weighted by molar-refractivity contribution is 0.473. The molecular formula is C24H17N3O4S. The van der Waals surface area contributed by atoms with E-state index in [1.165, 1.54) is 34.5 Å². The van der Waals surface area contributed by atoms with Crippen LogP contribution in [0.4, 0.5) is 0 Å². The average Bonchev–Trinajstić information content (AvgIpc) is 2.77. The summed E-state index contributed by atoms with van der Waals surface area (Å²) in [6, 6.07) is 16.9. The normalized spacial score (nSPS) is 11.3. The minimum Gasteiger partial charge on any atom is -0.508 e. The van der Waals surface area contributed by atoms with Crippen LogP contribution in [0.3, 0.4) is 0 Å². The number of rotatable bonds is 4. The van der Waals surface area contributed by atoms with Crippen LogP contribution in [0.1, 0.15) is 11.1 Å². The highest BCUT2D eigenvalue weighted by Crippen LogP contribution is 2.28. The van der Waals surface area contributed by atoms with Gasteiger partial charge in [0.25, 0.3) is 5.56 Å². The van der Waals surface area contributed by atoms with E-state index in [0.29, 0.717) is 44.2 Å². The van der Waals surface area contributed by atoms with Crippen LogP contribution >= 0.6 is 11.8 Å². The molecule has 32 heavy (non-hydrogen) atoms. The molecule has 0 unspecified atom stereocenters. The highest BCUT2D eigenvalue weighted by molar-refractivity contribution is 7.98. The maximum atomic E-state index is 13.4. The minimum atomic E-state index is -0.511. The molecule has 0 fully saturated rings. The predicted molar refractivity (Wildman–Crippen MR) is 124 cm³/mol. The molecule has 0 saturated heterocycles. The van der Waals surface area contributed by atoms with Crippen LogP contribution in [0, 0.1) is 6.92 Å². The van der Waals surface area contributed by atoms with Crippen LogP contribution < -0.4 is 11.2 Å². The highest BCUT2D eigenvalue weighted by Gasteiger charge is 2.16. The lowest BCUT2D eigenvalue weighted by atomic mass is 10.1. The maximum Gasteiger partial charge on any atom is 0.336 e. The second-order valence-electron chi connectivity index (χ2n) is 7.30. The predicted octanol–water partition coefficient (Wildman–Crippen LogP) is 4.19. The zero-order chi connectivity index (χ0) is 22.2. The van der Waals surface area contributed by atoms with Gasteiger partial charge in [-0.2, -0.15) is 0 Å². The standard InChI is InChI=1S/C24H17N3O4S/c1-14-8-9-25-21(10-14)27-23(30)18-4-2-3-5-19(18)26-24(27)32-13-15-11-22(29)31-20-12-16(28)6-7-17(15)20/h2-12,28H,13H2,1H3. The number of benzene rings is 2. The number of pyridine rings is 1. The van der Waals surface area contributed by atoms with Crippen LogP contribution in [-0.4, -0.2) is 19.6 Å². The number of thioether (sulfide) groups is 1. The van der Waals surface area contributed by atoms with Crippen molar-refractivity contribution >= 4 is 33.6 Å². The smallest absolute Gasteiger partial charge is 0.336 e. The molecule has 0 atom stereocenters. The van der Waals surface area contributed by atoms with Crippen molar-refractivity contribution in [3.8, 4) is 11.6 Å². The molecule has 1 N–H and O–H groups in total. The van der Waals surface area contributed by atoms with Gasteiger partial charge in [-0.15, -0.1) is 0 Å². The molecule has 0 aliphatic heterocycles. The van der Waals surface area contributed by atoms with E-state index in [4.69, 9.17) is 9.40 Å². The Hall–Kier alpha value is -3.91. The van der Waals surface area contributed by atoms with Gasteiger partial charge in [0.05, 0.1) is 10.9 Å². The first-order valence-corrected chi connectivity index (χ1v) is 10.8. The Bertz CT molecular complexity index is 1610. The van der Waals surface area contributed by atoms with Crippen LogP contribution in [0.2, 0.25) is 0 Å². The van der Waals surface area contributed by atoms with E-state index >= 15 is 0 Å². The minimum absolute atomic E-state index is 0.0148. The van der Waals surface area contributed by atoms with Crippen molar-refractivity contribution in [3.63, 3.8) is 0 Å². The quantitative estimate of drug-likeness (QED) is 0.253. The summed E-state index contributed by atoms with van der Waals surface area (Å²) in [6.07, 6.45) is 1.66. The number of hydrogen-bond donors (Lipinski definition) is 1. The Kier molecular flexibility index (Phi) is 4.99. The zero-order valence-corrected chi connectivity index (χ0v) is 17.8. The number of para-hydroxylation sites is 1. The van der Waals surface area contributed by atoms with Crippen molar-refractivity contribution in [2.45, 2.75) is 17.8 Å². The van der Waals surface area contributed by atoms with Gasteiger partial charge >= 0.3 is 5.63 Å². The highest BCUT2D eigenvalue weighted by atomic mass is 32.2. The Labute approximate surface area is 186 Å². The molecular weight excluding hydrogens is 426 g/mol.